The van der Waals surface area contributed by atoms with Crippen LogP contribution in [0.2, 0.25) is 5.15 Å². The van der Waals surface area contributed by atoms with E-state index in [9.17, 15) is 4.79 Å². The maximum Gasteiger partial charge on any atom is 0.263 e. The maximum atomic E-state index is 13.5. The average Bonchev–Trinajstić information content (AvgIpc) is 3.36. The van der Waals surface area contributed by atoms with Gasteiger partial charge in [-0.25, -0.2) is 4.98 Å². The first-order chi connectivity index (χ1) is 13.9. The first-order valence-electron chi connectivity index (χ1n) is 9.85. The smallest absolute Gasteiger partial charge is 0.263 e. The summed E-state index contributed by atoms with van der Waals surface area (Å²) in [5, 5.41) is 6.51. The highest BCUT2D eigenvalue weighted by atomic mass is 35.5. The van der Waals surface area contributed by atoms with E-state index in [4.69, 9.17) is 21.3 Å². The molecule has 6 nitrogen and oxygen atoms in total. The Hall–Kier alpha value is -1.35. The molecular weight excluding hydrogens is 428 g/mol. The highest BCUT2D eigenvalue weighted by Gasteiger charge is 2.23. The molecule has 4 heterocycles. The fraction of sp³-hybridized carbons (Fsp3) is 0.550. The summed E-state index contributed by atoms with van der Waals surface area (Å²) in [6.45, 7) is 7.42. The Balaban J connectivity index is 1.77. The molecule has 0 unspecified atom stereocenters. The predicted molar refractivity (Wildman–Crippen MR) is 119 cm³/mol. The lowest BCUT2D eigenvalue weighted by molar-refractivity contribution is 0.0937. The molecule has 1 fully saturated rings. The molecule has 0 bridgehead atoms. The number of fused-ring (bicyclic) bond motifs is 1. The van der Waals surface area contributed by atoms with Crippen LogP contribution in [-0.4, -0.2) is 32.0 Å². The minimum absolute atomic E-state index is 0.0446. The van der Waals surface area contributed by atoms with Crippen LogP contribution in [0.15, 0.2) is 9.95 Å². The zero-order valence-electron chi connectivity index (χ0n) is 17.1. The highest BCUT2D eigenvalue weighted by molar-refractivity contribution is 7.98. The summed E-state index contributed by atoms with van der Waals surface area (Å²) in [6.07, 6.45) is 2.92. The monoisotopic (exact) mass is 452 g/mol. The summed E-state index contributed by atoms with van der Waals surface area (Å²) in [5.41, 5.74) is 3.04. The minimum Gasteiger partial charge on any atom is -0.376 e. The molecule has 0 spiro atoms. The second-order valence-corrected chi connectivity index (χ2v) is 9.89. The van der Waals surface area contributed by atoms with Crippen LogP contribution in [-0.2, 0) is 30.5 Å². The molecule has 0 aromatic carbocycles. The Labute approximate surface area is 183 Å². The molecule has 0 amide bonds. The second kappa shape index (κ2) is 8.41. The van der Waals surface area contributed by atoms with E-state index >= 15 is 0 Å². The van der Waals surface area contributed by atoms with Crippen molar-refractivity contribution in [2.45, 2.75) is 63.6 Å². The fourth-order valence-electron chi connectivity index (χ4n) is 3.89. The number of aromatic nitrogens is 4. The number of rotatable bonds is 6. The summed E-state index contributed by atoms with van der Waals surface area (Å²) >= 11 is 9.55. The van der Waals surface area contributed by atoms with Gasteiger partial charge < -0.3 is 4.74 Å². The topological polar surface area (TPSA) is 61.9 Å². The Morgan fingerprint density at radius 1 is 1.34 bits per heavy atom. The third-order valence-electron chi connectivity index (χ3n) is 5.46. The van der Waals surface area contributed by atoms with E-state index in [1.807, 2.05) is 18.5 Å². The molecule has 0 radical (unpaired) electrons. The van der Waals surface area contributed by atoms with Crippen LogP contribution in [0.25, 0.3) is 10.2 Å². The van der Waals surface area contributed by atoms with Gasteiger partial charge in [-0.1, -0.05) is 30.3 Å². The van der Waals surface area contributed by atoms with E-state index in [1.54, 1.807) is 27.8 Å². The van der Waals surface area contributed by atoms with Crippen LogP contribution in [0.3, 0.4) is 0 Å². The molecule has 4 rings (SSSR count). The number of thiophene rings is 1. The molecule has 9 heteroatoms. The summed E-state index contributed by atoms with van der Waals surface area (Å²) in [4.78, 5) is 20.4. The number of halogens is 1. The number of aryl methyl sites for hydroxylation is 4. The van der Waals surface area contributed by atoms with Crippen molar-refractivity contribution in [3.05, 3.63) is 37.2 Å². The van der Waals surface area contributed by atoms with Crippen molar-refractivity contribution in [2.75, 3.05) is 6.61 Å². The van der Waals surface area contributed by atoms with Gasteiger partial charge >= 0.3 is 0 Å². The first kappa shape index (κ1) is 20.9. The number of hydrogen-bond donors (Lipinski definition) is 0. The van der Waals surface area contributed by atoms with Crippen molar-refractivity contribution >= 4 is 44.9 Å². The van der Waals surface area contributed by atoms with Crippen LogP contribution in [0.5, 0.6) is 0 Å². The van der Waals surface area contributed by atoms with Crippen molar-refractivity contribution in [1.82, 2.24) is 19.3 Å². The molecule has 3 aromatic heterocycles. The van der Waals surface area contributed by atoms with E-state index in [-0.39, 0.29) is 11.7 Å². The van der Waals surface area contributed by atoms with Crippen LogP contribution < -0.4 is 5.56 Å². The van der Waals surface area contributed by atoms with E-state index in [1.165, 1.54) is 4.88 Å². The fourth-order valence-corrected chi connectivity index (χ4v) is 6.47. The van der Waals surface area contributed by atoms with Crippen molar-refractivity contribution in [1.29, 1.82) is 0 Å². The van der Waals surface area contributed by atoms with Crippen molar-refractivity contribution in [2.24, 2.45) is 7.05 Å². The second-order valence-electron chi connectivity index (χ2n) is 7.38. The molecule has 1 atom stereocenters. The third-order valence-corrected chi connectivity index (χ3v) is 7.97. The van der Waals surface area contributed by atoms with Gasteiger partial charge in [0.1, 0.15) is 9.98 Å². The van der Waals surface area contributed by atoms with Gasteiger partial charge in [0.15, 0.2) is 5.16 Å². The van der Waals surface area contributed by atoms with Crippen molar-refractivity contribution in [3.63, 3.8) is 0 Å². The maximum absolute atomic E-state index is 13.5. The lowest BCUT2D eigenvalue weighted by atomic mass is 10.1. The van der Waals surface area contributed by atoms with Gasteiger partial charge in [-0.2, -0.15) is 5.10 Å². The summed E-state index contributed by atoms with van der Waals surface area (Å²) < 4.78 is 9.31. The van der Waals surface area contributed by atoms with Crippen LogP contribution in [0.4, 0.5) is 0 Å². The standard InChI is InChI=1S/C20H25ClN4O2S2/c1-5-14-12(3)29-18-16(14)19(26)25(9-13-7-6-8-27-13)20(22-18)28-10-15-11(2)23-24(4)17(15)21/h13H,5-10H2,1-4H3/t13-/m1/s1. The Kier molecular flexibility index (Phi) is 6.06. The van der Waals surface area contributed by atoms with E-state index in [0.29, 0.717) is 17.5 Å². The molecule has 156 valence electrons. The van der Waals surface area contributed by atoms with E-state index < -0.39 is 0 Å². The largest absolute Gasteiger partial charge is 0.376 e. The van der Waals surface area contributed by atoms with Crippen LogP contribution in [0, 0.1) is 13.8 Å². The Morgan fingerprint density at radius 3 is 2.76 bits per heavy atom. The number of ether oxygens (including phenoxy) is 1. The number of nitrogens with zero attached hydrogens (tertiary/aromatic N) is 4. The van der Waals surface area contributed by atoms with Gasteiger partial charge in [0, 0.05) is 29.8 Å². The van der Waals surface area contributed by atoms with Gasteiger partial charge in [-0.3, -0.25) is 14.0 Å². The third kappa shape index (κ3) is 3.87. The molecule has 0 N–H and O–H groups in total. The van der Waals surface area contributed by atoms with Crippen LogP contribution >= 0.6 is 34.7 Å². The van der Waals surface area contributed by atoms with Crippen molar-refractivity contribution in [3.8, 4) is 0 Å². The van der Waals surface area contributed by atoms with E-state index in [0.717, 1.165) is 58.1 Å². The van der Waals surface area contributed by atoms with Gasteiger partial charge in [0.25, 0.3) is 5.56 Å². The molecule has 0 aliphatic carbocycles. The van der Waals surface area contributed by atoms with Gasteiger partial charge in [-0.15, -0.1) is 11.3 Å². The van der Waals surface area contributed by atoms with Gasteiger partial charge in [0.2, 0.25) is 0 Å². The summed E-state index contributed by atoms with van der Waals surface area (Å²) in [5.74, 6) is 0.618. The lowest BCUT2D eigenvalue weighted by Crippen LogP contribution is -2.29. The van der Waals surface area contributed by atoms with Crippen LogP contribution in [0.1, 0.15) is 41.5 Å². The normalized spacial score (nSPS) is 16.9. The molecule has 3 aromatic rings. The predicted octanol–water partition coefficient (Wildman–Crippen LogP) is 4.50. The zero-order valence-corrected chi connectivity index (χ0v) is 19.5. The SMILES string of the molecule is CCc1c(C)sc2nc(SCc3c(C)nn(C)c3Cl)n(C[C@H]3CCCO3)c(=O)c12. The zero-order chi connectivity index (χ0) is 20.7. The molecule has 1 saturated heterocycles. The van der Waals surface area contributed by atoms with Crippen molar-refractivity contribution < 1.29 is 4.74 Å². The Morgan fingerprint density at radius 2 is 2.14 bits per heavy atom. The number of thioether (sulfide) groups is 1. The van der Waals surface area contributed by atoms with Gasteiger partial charge in [0.05, 0.1) is 23.7 Å². The molecule has 0 saturated carbocycles. The molecular formula is C20H25ClN4O2S2. The first-order valence-corrected chi connectivity index (χ1v) is 12.0. The van der Waals surface area contributed by atoms with Gasteiger partial charge in [-0.05, 0) is 38.7 Å². The minimum atomic E-state index is 0.0446. The quantitative estimate of drug-likeness (QED) is 0.407. The number of hydrogen-bond acceptors (Lipinski definition) is 6. The summed E-state index contributed by atoms with van der Waals surface area (Å²) in [6, 6.07) is 0. The highest BCUT2D eigenvalue weighted by Crippen LogP contribution is 2.32. The molecule has 1 aliphatic heterocycles. The molecule has 29 heavy (non-hydrogen) atoms. The lowest BCUT2D eigenvalue weighted by Gasteiger charge is -2.16. The Bertz CT molecular complexity index is 1110. The average molecular weight is 453 g/mol. The summed E-state index contributed by atoms with van der Waals surface area (Å²) in [7, 11) is 1.84. The molecule has 1 aliphatic rings. The van der Waals surface area contributed by atoms with E-state index in [2.05, 4.69) is 18.9 Å².